The minimum absolute atomic E-state index is 0.524. The molecule has 2 rings (SSSR count). The van der Waals surface area contributed by atoms with E-state index in [0.717, 1.165) is 18.0 Å². The molecule has 0 saturated heterocycles. The van der Waals surface area contributed by atoms with Crippen LogP contribution in [-0.4, -0.2) is 12.6 Å². The van der Waals surface area contributed by atoms with Crippen LogP contribution in [0, 0.1) is 0 Å². The zero-order valence-electron chi connectivity index (χ0n) is 12.2. The number of hydrogen-bond donors (Lipinski definition) is 1. The molecular weight excluding hydrogens is 266 g/mol. The topological polar surface area (TPSA) is 12.0 Å². The molecule has 0 saturated carbocycles. The van der Waals surface area contributed by atoms with Crippen molar-refractivity contribution in [3.63, 3.8) is 0 Å². The molecule has 0 fully saturated rings. The molecule has 2 aromatic rings. The van der Waals surface area contributed by atoms with Gasteiger partial charge in [0.05, 0.1) is 0 Å². The molecule has 0 aliphatic heterocycles. The normalized spacial score (nSPS) is 12.3. The Morgan fingerprint density at radius 3 is 2.05 bits per heavy atom. The second-order valence-corrected chi connectivity index (χ2v) is 5.70. The summed E-state index contributed by atoms with van der Waals surface area (Å²) in [7, 11) is 0. The summed E-state index contributed by atoms with van der Waals surface area (Å²) in [5.41, 5.74) is 3.82. The second-order valence-electron chi connectivity index (χ2n) is 5.26. The number of halogens is 1. The van der Waals surface area contributed by atoms with Gasteiger partial charge in [-0.3, -0.25) is 0 Å². The van der Waals surface area contributed by atoms with Gasteiger partial charge >= 0.3 is 0 Å². The predicted molar refractivity (Wildman–Crippen MR) is 88.3 cm³/mol. The van der Waals surface area contributed by atoms with E-state index < -0.39 is 0 Å². The quantitative estimate of drug-likeness (QED) is 0.794. The van der Waals surface area contributed by atoms with Crippen LogP contribution in [0.4, 0.5) is 0 Å². The highest BCUT2D eigenvalue weighted by Gasteiger charge is 2.03. The van der Waals surface area contributed by atoms with Gasteiger partial charge in [0.15, 0.2) is 0 Å². The van der Waals surface area contributed by atoms with Gasteiger partial charge in [-0.2, -0.15) is 0 Å². The van der Waals surface area contributed by atoms with Crippen molar-refractivity contribution in [3.8, 4) is 11.1 Å². The summed E-state index contributed by atoms with van der Waals surface area (Å²) < 4.78 is 0. The smallest absolute Gasteiger partial charge is 0.0406 e. The Morgan fingerprint density at radius 1 is 0.950 bits per heavy atom. The SMILES string of the molecule is CCCNC(C)Cc1ccc(-c2ccc(Cl)cc2)cc1. The van der Waals surface area contributed by atoms with Crippen LogP contribution in [0.15, 0.2) is 48.5 Å². The van der Waals surface area contributed by atoms with E-state index in [4.69, 9.17) is 11.6 Å². The fourth-order valence-electron chi connectivity index (χ4n) is 2.29. The lowest BCUT2D eigenvalue weighted by atomic mass is 10.0. The van der Waals surface area contributed by atoms with Crippen LogP contribution in [0.2, 0.25) is 5.02 Å². The summed E-state index contributed by atoms with van der Waals surface area (Å²) in [6.07, 6.45) is 2.25. The molecule has 1 unspecified atom stereocenters. The van der Waals surface area contributed by atoms with E-state index >= 15 is 0 Å². The molecule has 0 aromatic heterocycles. The molecule has 0 radical (unpaired) electrons. The molecule has 2 aromatic carbocycles. The molecular formula is C18H22ClN. The van der Waals surface area contributed by atoms with Crippen molar-refractivity contribution in [2.45, 2.75) is 32.7 Å². The maximum atomic E-state index is 5.92. The fraction of sp³-hybridized carbons (Fsp3) is 0.333. The molecule has 1 nitrogen and oxygen atoms in total. The maximum absolute atomic E-state index is 5.92. The molecule has 0 aliphatic rings. The molecule has 2 heteroatoms. The lowest BCUT2D eigenvalue weighted by Crippen LogP contribution is -2.28. The third-order valence-corrected chi connectivity index (χ3v) is 3.67. The Hall–Kier alpha value is -1.31. The molecule has 0 amide bonds. The van der Waals surface area contributed by atoms with Crippen LogP contribution in [0.3, 0.4) is 0 Å². The summed E-state index contributed by atoms with van der Waals surface area (Å²) in [6, 6.07) is 17.3. The zero-order valence-corrected chi connectivity index (χ0v) is 13.0. The monoisotopic (exact) mass is 287 g/mol. The molecule has 0 bridgehead atoms. The summed E-state index contributed by atoms with van der Waals surface area (Å²) in [4.78, 5) is 0. The van der Waals surface area contributed by atoms with Crippen LogP contribution in [0.5, 0.6) is 0 Å². The molecule has 106 valence electrons. The van der Waals surface area contributed by atoms with E-state index in [9.17, 15) is 0 Å². The van der Waals surface area contributed by atoms with Gasteiger partial charge in [0, 0.05) is 11.1 Å². The predicted octanol–water partition coefficient (Wildman–Crippen LogP) is 4.94. The summed E-state index contributed by atoms with van der Waals surface area (Å²) >= 11 is 5.92. The van der Waals surface area contributed by atoms with Gasteiger partial charge in [0.1, 0.15) is 0 Å². The summed E-state index contributed by atoms with van der Waals surface area (Å²) in [5.74, 6) is 0. The van der Waals surface area contributed by atoms with Crippen molar-refractivity contribution in [2.24, 2.45) is 0 Å². The third kappa shape index (κ3) is 4.36. The molecule has 0 heterocycles. The van der Waals surface area contributed by atoms with Crippen LogP contribution in [0.25, 0.3) is 11.1 Å². The number of nitrogens with one attached hydrogen (secondary N) is 1. The minimum Gasteiger partial charge on any atom is -0.314 e. The van der Waals surface area contributed by atoms with E-state index in [1.165, 1.54) is 23.1 Å². The van der Waals surface area contributed by atoms with Crippen LogP contribution < -0.4 is 5.32 Å². The first-order valence-corrected chi connectivity index (χ1v) is 7.65. The Labute approximate surface area is 127 Å². The van der Waals surface area contributed by atoms with Crippen molar-refractivity contribution in [1.29, 1.82) is 0 Å². The highest BCUT2D eigenvalue weighted by atomic mass is 35.5. The largest absolute Gasteiger partial charge is 0.314 e. The van der Waals surface area contributed by atoms with E-state index in [2.05, 4.69) is 55.6 Å². The molecule has 1 atom stereocenters. The van der Waals surface area contributed by atoms with Gasteiger partial charge < -0.3 is 5.32 Å². The fourth-order valence-corrected chi connectivity index (χ4v) is 2.42. The third-order valence-electron chi connectivity index (χ3n) is 3.42. The zero-order chi connectivity index (χ0) is 14.4. The van der Waals surface area contributed by atoms with Gasteiger partial charge in [-0.05, 0) is 55.1 Å². The molecule has 20 heavy (non-hydrogen) atoms. The molecule has 0 spiro atoms. The van der Waals surface area contributed by atoms with Gasteiger partial charge in [-0.1, -0.05) is 54.9 Å². The highest BCUT2D eigenvalue weighted by Crippen LogP contribution is 2.22. The van der Waals surface area contributed by atoms with Crippen molar-refractivity contribution < 1.29 is 0 Å². The first-order chi connectivity index (χ1) is 9.69. The van der Waals surface area contributed by atoms with Crippen LogP contribution in [-0.2, 0) is 6.42 Å². The lowest BCUT2D eigenvalue weighted by Gasteiger charge is -2.13. The van der Waals surface area contributed by atoms with Gasteiger partial charge in [0.25, 0.3) is 0 Å². The van der Waals surface area contributed by atoms with Gasteiger partial charge in [0.2, 0.25) is 0 Å². The summed E-state index contributed by atoms with van der Waals surface area (Å²) in [6.45, 7) is 5.52. The van der Waals surface area contributed by atoms with Crippen LogP contribution >= 0.6 is 11.6 Å². The molecule has 0 aliphatic carbocycles. The Kier molecular flexibility index (Phi) is 5.63. The number of rotatable bonds is 6. The number of hydrogen-bond acceptors (Lipinski definition) is 1. The van der Waals surface area contributed by atoms with Crippen LogP contribution in [0.1, 0.15) is 25.8 Å². The van der Waals surface area contributed by atoms with Crippen molar-refractivity contribution in [1.82, 2.24) is 5.32 Å². The van der Waals surface area contributed by atoms with E-state index in [1.807, 2.05) is 12.1 Å². The maximum Gasteiger partial charge on any atom is 0.0406 e. The standard InChI is InChI=1S/C18H22ClN/c1-3-12-20-14(2)13-15-4-6-16(7-5-15)17-8-10-18(19)11-9-17/h4-11,14,20H,3,12-13H2,1-2H3. The first-order valence-electron chi connectivity index (χ1n) is 7.27. The van der Waals surface area contributed by atoms with Gasteiger partial charge in [-0.15, -0.1) is 0 Å². The Morgan fingerprint density at radius 2 is 1.50 bits per heavy atom. The van der Waals surface area contributed by atoms with E-state index in [1.54, 1.807) is 0 Å². The van der Waals surface area contributed by atoms with E-state index in [0.29, 0.717) is 6.04 Å². The van der Waals surface area contributed by atoms with Gasteiger partial charge in [-0.25, -0.2) is 0 Å². The highest BCUT2D eigenvalue weighted by molar-refractivity contribution is 6.30. The van der Waals surface area contributed by atoms with E-state index in [-0.39, 0.29) is 0 Å². The second kappa shape index (κ2) is 7.47. The average Bonchev–Trinajstić information content (AvgIpc) is 2.47. The minimum atomic E-state index is 0.524. The lowest BCUT2D eigenvalue weighted by molar-refractivity contribution is 0.543. The molecule has 1 N–H and O–H groups in total. The average molecular weight is 288 g/mol. The van der Waals surface area contributed by atoms with Crippen molar-refractivity contribution in [2.75, 3.05) is 6.54 Å². The Bertz CT molecular complexity index is 516. The summed E-state index contributed by atoms with van der Waals surface area (Å²) in [5, 5.41) is 4.30. The van der Waals surface area contributed by atoms with Crippen molar-refractivity contribution in [3.05, 3.63) is 59.1 Å². The first kappa shape index (κ1) is 15.1. The number of benzene rings is 2. The van der Waals surface area contributed by atoms with Crippen molar-refractivity contribution >= 4 is 11.6 Å². The Balaban J connectivity index is 2.01.